The molecule has 3 amide bonds. The van der Waals surface area contributed by atoms with Crippen molar-refractivity contribution in [2.75, 3.05) is 13.2 Å². The third-order valence-electron chi connectivity index (χ3n) is 4.72. The molecule has 0 aromatic carbocycles. The SMILES string of the molecule is CCCNC(=O)NC(=O)COC(=O)c1cc(-c2cc(C)oc2C)nc2c1cnn2C(C)C. The fraction of sp³-hybridized carbons (Fsp3) is 0.409. The molecule has 32 heavy (non-hydrogen) atoms. The fourth-order valence-corrected chi connectivity index (χ4v) is 3.24. The Morgan fingerprint density at radius 2 is 1.97 bits per heavy atom. The van der Waals surface area contributed by atoms with E-state index in [-0.39, 0.29) is 11.6 Å². The van der Waals surface area contributed by atoms with Crippen molar-refractivity contribution >= 4 is 28.9 Å². The molecule has 0 unspecified atom stereocenters. The summed E-state index contributed by atoms with van der Waals surface area (Å²) in [5, 5.41) is 9.49. The van der Waals surface area contributed by atoms with E-state index in [0.29, 0.717) is 29.0 Å². The van der Waals surface area contributed by atoms with Gasteiger partial charge in [-0.2, -0.15) is 5.10 Å². The van der Waals surface area contributed by atoms with E-state index in [2.05, 4.69) is 15.7 Å². The Morgan fingerprint density at radius 3 is 2.59 bits per heavy atom. The van der Waals surface area contributed by atoms with E-state index in [1.165, 1.54) is 0 Å². The average Bonchev–Trinajstić information content (AvgIpc) is 3.32. The number of hydrogen-bond acceptors (Lipinski definition) is 7. The van der Waals surface area contributed by atoms with E-state index in [9.17, 15) is 14.4 Å². The number of amides is 3. The van der Waals surface area contributed by atoms with Crippen LogP contribution in [0.2, 0.25) is 0 Å². The number of aryl methyl sites for hydroxylation is 2. The highest BCUT2D eigenvalue weighted by Crippen LogP contribution is 2.30. The van der Waals surface area contributed by atoms with Crippen LogP contribution in [0.25, 0.3) is 22.3 Å². The van der Waals surface area contributed by atoms with Crippen LogP contribution < -0.4 is 10.6 Å². The van der Waals surface area contributed by atoms with Gasteiger partial charge in [0, 0.05) is 18.2 Å². The largest absolute Gasteiger partial charge is 0.466 e. The molecule has 0 aliphatic heterocycles. The van der Waals surface area contributed by atoms with Crippen molar-refractivity contribution in [2.24, 2.45) is 0 Å². The summed E-state index contributed by atoms with van der Waals surface area (Å²) in [6, 6.07) is 2.82. The van der Waals surface area contributed by atoms with Crippen molar-refractivity contribution in [2.45, 2.75) is 47.1 Å². The Hall–Kier alpha value is -3.69. The van der Waals surface area contributed by atoms with Crippen molar-refractivity contribution in [3.8, 4) is 11.3 Å². The maximum atomic E-state index is 12.9. The molecule has 3 aromatic rings. The zero-order chi connectivity index (χ0) is 23.4. The molecule has 3 aromatic heterocycles. The molecular formula is C22H27N5O5. The van der Waals surface area contributed by atoms with Crippen LogP contribution in [0.3, 0.4) is 0 Å². The highest BCUT2D eigenvalue weighted by molar-refractivity contribution is 6.05. The van der Waals surface area contributed by atoms with E-state index < -0.39 is 24.5 Å². The first-order valence-corrected chi connectivity index (χ1v) is 10.4. The lowest BCUT2D eigenvalue weighted by molar-refractivity contribution is -0.123. The van der Waals surface area contributed by atoms with Crippen LogP contribution >= 0.6 is 0 Å². The number of hydrogen-bond donors (Lipinski definition) is 2. The molecule has 0 aliphatic rings. The Bertz CT molecular complexity index is 1160. The molecule has 0 saturated carbocycles. The van der Waals surface area contributed by atoms with E-state index >= 15 is 0 Å². The molecule has 0 radical (unpaired) electrons. The van der Waals surface area contributed by atoms with Crippen LogP contribution in [0, 0.1) is 13.8 Å². The Labute approximate surface area is 185 Å². The quantitative estimate of drug-likeness (QED) is 0.538. The number of nitrogens with zero attached hydrogens (tertiary/aromatic N) is 3. The molecule has 0 aliphatic carbocycles. The van der Waals surface area contributed by atoms with Crippen molar-refractivity contribution in [3.05, 3.63) is 35.4 Å². The maximum Gasteiger partial charge on any atom is 0.339 e. The number of rotatable bonds is 7. The normalized spacial score (nSPS) is 11.1. The molecule has 0 saturated heterocycles. The molecule has 0 atom stereocenters. The number of esters is 1. The van der Waals surface area contributed by atoms with Crippen LogP contribution in [0.5, 0.6) is 0 Å². The van der Waals surface area contributed by atoms with E-state index in [1.807, 2.05) is 40.7 Å². The minimum atomic E-state index is -0.725. The summed E-state index contributed by atoms with van der Waals surface area (Å²) in [6.45, 7) is 9.29. The van der Waals surface area contributed by atoms with Gasteiger partial charge in [0.2, 0.25) is 0 Å². The van der Waals surface area contributed by atoms with Gasteiger partial charge in [0.25, 0.3) is 5.91 Å². The predicted molar refractivity (Wildman–Crippen MR) is 117 cm³/mol. The summed E-state index contributed by atoms with van der Waals surface area (Å²) in [4.78, 5) is 41.1. The number of furan rings is 1. The second-order valence-corrected chi connectivity index (χ2v) is 7.68. The van der Waals surface area contributed by atoms with Crippen LogP contribution in [-0.2, 0) is 9.53 Å². The molecule has 170 valence electrons. The highest BCUT2D eigenvalue weighted by Gasteiger charge is 2.22. The molecule has 0 bridgehead atoms. The van der Waals surface area contributed by atoms with Gasteiger partial charge >= 0.3 is 12.0 Å². The Balaban J connectivity index is 1.89. The van der Waals surface area contributed by atoms with Gasteiger partial charge in [-0.1, -0.05) is 6.92 Å². The molecule has 0 fully saturated rings. The van der Waals surface area contributed by atoms with Gasteiger partial charge in [0.1, 0.15) is 11.5 Å². The summed E-state index contributed by atoms with van der Waals surface area (Å²) in [6.07, 6.45) is 2.28. The van der Waals surface area contributed by atoms with Crippen molar-refractivity contribution in [1.29, 1.82) is 0 Å². The van der Waals surface area contributed by atoms with E-state index in [4.69, 9.17) is 14.1 Å². The number of imide groups is 1. The number of carbonyl (C=O) groups is 3. The first-order chi connectivity index (χ1) is 15.2. The number of nitrogens with one attached hydrogen (secondary N) is 2. The van der Waals surface area contributed by atoms with Gasteiger partial charge < -0.3 is 14.5 Å². The minimum absolute atomic E-state index is 0.0127. The molecular weight excluding hydrogens is 414 g/mol. The van der Waals surface area contributed by atoms with E-state index in [0.717, 1.165) is 17.7 Å². The molecule has 10 nitrogen and oxygen atoms in total. The lowest BCUT2D eigenvalue weighted by Crippen LogP contribution is -2.41. The standard InChI is InChI=1S/C22H27N5O5/c1-6-7-23-22(30)26-19(28)11-31-21(29)16-9-18(15-8-13(4)32-14(15)5)25-20-17(16)10-24-27(20)12(2)3/h8-10,12H,6-7,11H2,1-5H3,(H2,23,26,28,30). The number of urea groups is 1. The lowest BCUT2D eigenvalue weighted by atomic mass is 10.1. The van der Waals surface area contributed by atoms with Crippen LogP contribution in [0.1, 0.15) is 55.1 Å². The highest BCUT2D eigenvalue weighted by atomic mass is 16.5. The van der Waals surface area contributed by atoms with Gasteiger partial charge in [-0.15, -0.1) is 0 Å². The lowest BCUT2D eigenvalue weighted by Gasteiger charge is -2.10. The zero-order valence-electron chi connectivity index (χ0n) is 18.8. The summed E-state index contributed by atoms with van der Waals surface area (Å²) in [5.74, 6) is -0.0544. The molecule has 2 N–H and O–H groups in total. The summed E-state index contributed by atoms with van der Waals surface area (Å²) >= 11 is 0. The first kappa shape index (κ1) is 23.0. The van der Waals surface area contributed by atoms with Crippen molar-refractivity contribution in [1.82, 2.24) is 25.4 Å². The number of carbonyl (C=O) groups excluding carboxylic acids is 3. The Morgan fingerprint density at radius 1 is 1.22 bits per heavy atom. The van der Waals surface area contributed by atoms with Gasteiger partial charge in [-0.3, -0.25) is 10.1 Å². The average molecular weight is 441 g/mol. The monoisotopic (exact) mass is 441 g/mol. The van der Waals surface area contributed by atoms with Gasteiger partial charge in [0.05, 0.1) is 22.8 Å². The van der Waals surface area contributed by atoms with Crippen LogP contribution in [-0.4, -0.2) is 45.8 Å². The fourth-order valence-electron chi connectivity index (χ4n) is 3.24. The second-order valence-electron chi connectivity index (χ2n) is 7.68. The van der Waals surface area contributed by atoms with Gasteiger partial charge in [-0.05, 0) is 46.2 Å². The molecule has 0 spiro atoms. The predicted octanol–water partition coefficient (Wildman–Crippen LogP) is 3.28. The third-order valence-corrected chi connectivity index (χ3v) is 4.72. The van der Waals surface area contributed by atoms with Crippen LogP contribution in [0.4, 0.5) is 4.79 Å². The Kier molecular flexibility index (Phi) is 6.92. The smallest absolute Gasteiger partial charge is 0.339 e. The second kappa shape index (κ2) is 9.63. The number of aromatic nitrogens is 3. The summed E-state index contributed by atoms with van der Waals surface area (Å²) in [5.41, 5.74) is 2.02. The topological polar surface area (TPSA) is 128 Å². The van der Waals surface area contributed by atoms with Crippen molar-refractivity contribution < 1.29 is 23.5 Å². The van der Waals surface area contributed by atoms with Crippen LogP contribution in [0.15, 0.2) is 22.7 Å². The van der Waals surface area contributed by atoms with Crippen molar-refractivity contribution in [3.63, 3.8) is 0 Å². The van der Waals surface area contributed by atoms with Gasteiger partial charge in [0.15, 0.2) is 12.3 Å². The molecule has 3 rings (SSSR count). The summed E-state index contributed by atoms with van der Waals surface area (Å²) in [7, 11) is 0. The number of ether oxygens (including phenoxy) is 1. The molecule has 10 heteroatoms. The third kappa shape index (κ3) is 4.96. The summed E-state index contributed by atoms with van der Waals surface area (Å²) < 4.78 is 12.5. The molecule has 3 heterocycles. The van der Waals surface area contributed by atoms with Gasteiger partial charge in [-0.25, -0.2) is 19.3 Å². The number of pyridine rings is 1. The van der Waals surface area contributed by atoms with E-state index in [1.54, 1.807) is 16.9 Å². The number of fused-ring (bicyclic) bond motifs is 1. The zero-order valence-corrected chi connectivity index (χ0v) is 18.8. The maximum absolute atomic E-state index is 12.9. The minimum Gasteiger partial charge on any atom is -0.466 e. The first-order valence-electron chi connectivity index (χ1n) is 10.4.